The molecule has 0 radical (unpaired) electrons. The highest BCUT2D eigenvalue weighted by Gasteiger charge is 2.29. The molecule has 0 saturated heterocycles. The number of amides is 2. The van der Waals surface area contributed by atoms with E-state index in [1.807, 2.05) is 0 Å². The fourth-order valence-corrected chi connectivity index (χ4v) is 2.19. The van der Waals surface area contributed by atoms with Crippen molar-refractivity contribution in [3.63, 3.8) is 0 Å². The van der Waals surface area contributed by atoms with Gasteiger partial charge in [0.25, 0.3) is 0 Å². The van der Waals surface area contributed by atoms with Crippen LogP contribution in [-0.4, -0.2) is 37.0 Å². The zero-order valence-corrected chi connectivity index (χ0v) is 14.3. The van der Waals surface area contributed by atoms with Gasteiger partial charge in [0.05, 0.1) is 7.11 Å². The first-order chi connectivity index (χ1) is 11.2. The average molecular weight is 338 g/mol. The van der Waals surface area contributed by atoms with Crippen molar-refractivity contribution in [3.05, 3.63) is 35.6 Å². The summed E-state index contributed by atoms with van der Waals surface area (Å²) < 4.78 is 17.7. The molecule has 0 saturated carbocycles. The first-order valence-electron chi connectivity index (χ1n) is 7.64. The molecule has 0 unspecified atom stereocenters. The maximum Gasteiger partial charge on any atom is 0.328 e. The monoisotopic (exact) mass is 338 g/mol. The number of rotatable bonds is 7. The van der Waals surface area contributed by atoms with Gasteiger partial charge in [-0.05, 0) is 23.6 Å². The highest BCUT2D eigenvalue weighted by atomic mass is 19.1. The molecule has 1 aromatic carbocycles. The molecule has 2 atom stereocenters. The zero-order valence-electron chi connectivity index (χ0n) is 14.3. The quantitative estimate of drug-likeness (QED) is 0.732. The van der Waals surface area contributed by atoms with Crippen molar-refractivity contribution >= 4 is 17.8 Å². The van der Waals surface area contributed by atoms with Gasteiger partial charge < -0.3 is 15.4 Å². The van der Waals surface area contributed by atoms with Crippen LogP contribution in [0.3, 0.4) is 0 Å². The van der Waals surface area contributed by atoms with E-state index in [1.54, 1.807) is 13.8 Å². The molecule has 7 heteroatoms. The smallest absolute Gasteiger partial charge is 0.328 e. The van der Waals surface area contributed by atoms with Gasteiger partial charge >= 0.3 is 5.97 Å². The summed E-state index contributed by atoms with van der Waals surface area (Å²) in [7, 11) is 1.24. The third-order valence-electron chi connectivity index (χ3n) is 3.47. The number of ether oxygens (including phenoxy) is 1. The first kappa shape index (κ1) is 19.6. The Balaban J connectivity index is 2.89. The fraction of sp³-hybridized carbons (Fsp3) is 0.471. The van der Waals surface area contributed by atoms with Gasteiger partial charge in [0.1, 0.15) is 17.9 Å². The van der Waals surface area contributed by atoms with E-state index in [4.69, 9.17) is 0 Å². The van der Waals surface area contributed by atoms with Crippen molar-refractivity contribution in [2.45, 2.75) is 39.3 Å². The van der Waals surface area contributed by atoms with Gasteiger partial charge in [-0.15, -0.1) is 0 Å². The van der Waals surface area contributed by atoms with E-state index in [0.717, 1.165) is 0 Å². The van der Waals surface area contributed by atoms with Gasteiger partial charge in [-0.2, -0.15) is 0 Å². The molecule has 0 fully saturated rings. The predicted molar refractivity (Wildman–Crippen MR) is 86.5 cm³/mol. The second kappa shape index (κ2) is 9.00. The minimum atomic E-state index is -0.876. The van der Waals surface area contributed by atoms with Gasteiger partial charge in [-0.3, -0.25) is 9.59 Å². The van der Waals surface area contributed by atoms with Gasteiger partial charge in [-0.1, -0.05) is 26.0 Å². The molecule has 0 heterocycles. The average Bonchev–Trinajstić information content (AvgIpc) is 2.52. The second-order valence-corrected chi connectivity index (χ2v) is 5.84. The number of halogens is 1. The highest BCUT2D eigenvalue weighted by Crippen LogP contribution is 2.08. The van der Waals surface area contributed by atoms with Crippen LogP contribution in [-0.2, 0) is 25.5 Å². The lowest BCUT2D eigenvalue weighted by atomic mass is 10.0. The van der Waals surface area contributed by atoms with Gasteiger partial charge in [0.15, 0.2) is 0 Å². The Morgan fingerprint density at radius 3 is 2.17 bits per heavy atom. The lowest BCUT2D eigenvalue weighted by molar-refractivity contribution is -0.146. The summed E-state index contributed by atoms with van der Waals surface area (Å²) in [5.74, 6) is -1.99. The molecular weight excluding hydrogens is 315 g/mol. The molecule has 24 heavy (non-hydrogen) atoms. The number of esters is 1. The molecule has 0 aliphatic carbocycles. The molecule has 1 aromatic rings. The van der Waals surface area contributed by atoms with E-state index in [2.05, 4.69) is 15.4 Å². The van der Waals surface area contributed by atoms with Crippen LogP contribution in [0.1, 0.15) is 26.3 Å². The minimum absolute atomic E-state index is 0.176. The Hall–Kier alpha value is -2.44. The normalized spacial score (nSPS) is 13.1. The van der Waals surface area contributed by atoms with E-state index >= 15 is 0 Å². The fourth-order valence-electron chi connectivity index (χ4n) is 2.19. The number of carbonyl (C=O) groups is 3. The van der Waals surface area contributed by atoms with Crippen molar-refractivity contribution < 1.29 is 23.5 Å². The maximum atomic E-state index is 13.0. The largest absolute Gasteiger partial charge is 0.467 e. The molecule has 0 aliphatic heterocycles. The Bertz CT molecular complexity index is 587. The molecule has 0 aliphatic rings. The highest BCUT2D eigenvalue weighted by molar-refractivity contribution is 5.90. The summed E-state index contributed by atoms with van der Waals surface area (Å²) in [5, 5.41) is 5.15. The molecule has 6 nitrogen and oxygen atoms in total. The van der Waals surface area contributed by atoms with E-state index in [9.17, 15) is 18.8 Å². The number of benzene rings is 1. The van der Waals surface area contributed by atoms with Gasteiger partial charge in [0.2, 0.25) is 11.8 Å². The summed E-state index contributed by atoms with van der Waals surface area (Å²) >= 11 is 0. The van der Waals surface area contributed by atoms with E-state index in [-0.39, 0.29) is 24.1 Å². The number of hydrogen-bond donors (Lipinski definition) is 2. The second-order valence-electron chi connectivity index (χ2n) is 5.84. The Kier molecular flexibility index (Phi) is 7.35. The number of hydrogen-bond acceptors (Lipinski definition) is 4. The zero-order chi connectivity index (χ0) is 18.3. The van der Waals surface area contributed by atoms with E-state index in [1.165, 1.54) is 38.3 Å². The molecule has 0 spiro atoms. The summed E-state index contributed by atoms with van der Waals surface area (Å²) in [6, 6.07) is 3.95. The molecule has 0 aromatic heterocycles. The number of methoxy groups -OCH3 is 1. The van der Waals surface area contributed by atoms with Crippen molar-refractivity contribution in [3.8, 4) is 0 Å². The van der Waals surface area contributed by atoms with Crippen LogP contribution in [0.5, 0.6) is 0 Å². The molecule has 2 N–H and O–H groups in total. The SMILES string of the molecule is COC(=O)[C@@H](NC(=O)[C@@H](Cc1ccc(F)cc1)NC(C)=O)C(C)C. The molecule has 1 rings (SSSR count). The Morgan fingerprint density at radius 1 is 1.12 bits per heavy atom. The van der Waals surface area contributed by atoms with Crippen LogP contribution < -0.4 is 10.6 Å². The van der Waals surface area contributed by atoms with Crippen LogP contribution in [0.2, 0.25) is 0 Å². The molecular formula is C17H23FN2O4. The third-order valence-corrected chi connectivity index (χ3v) is 3.47. The molecule has 2 amide bonds. The Labute approximate surface area is 140 Å². The number of carbonyl (C=O) groups excluding carboxylic acids is 3. The van der Waals surface area contributed by atoms with E-state index in [0.29, 0.717) is 5.56 Å². The summed E-state index contributed by atoms with van der Waals surface area (Å²) in [6.45, 7) is 4.84. The minimum Gasteiger partial charge on any atom is -0.467 e. The standard InChI is InChI=1S/C17H23FN2O4/c1-10(2)15(17(23)24-4)20-16(22)14(19-11(3)21)9-12-5-7-13(18)8-6-12/h5-8,10,14-15H,9H2,1-4H3,(H,19,21)(H,20,22)/t14-,15+/m1/s1. The summed E-state index contributed by atoms with van der Waals surface area (Å²) in [4.78, 5) is 35.6. The predicted octanol–water partition coefficient (Wildman–Crippen LogP) is 1.19. The van der Waals surface area contributed by atoms with Crippen molar-refractivity contribution in [2.75, 3.05) is 7.11 Å². The maximum absolute atomic E-state index is 13.0. The van der Waals surface area contributed by atoms with Crippen LogP contribution in [0.4, 0.5) is 4.39 Å². The van der Waals surface area contributed by atoms with Crippen LogP contribution >= 0.6 is 0 Å². The topological polar surface area (TPSA) is 84.5 Å². The molecule has 0 bridgehead atoms. The van der Waals surface area contributed by atoms with Crippen LogP contribution in [0.15, 0.2) is 24.3 Å². The van der Waals surface area contributed by atoms with Crippen LogP contribution in [0, 0.1) is 11.7 Å². The molecule has 132 valence electrons. The van der Waals surface area contributed by atoms with Gasteiger partial charge in [0, 0.05) is 13.3 Å². The Morgan fingerprint density at radius 2 is 1.71 bits per heavy atom. The summed E-state index contributed by atoms with van der Waals surface area (Å²) in [6.07, 6.45) is 0.178. The third kappa shape index (κ3) is 5.98. The van der Waals surface area contributed by atoms with Crippen molar-refractivity contribution in [2.24, 2.45) is 5.92 Å². The van der Waals surface area contributed by atoms with Crippen LogP contribution in [0.25, 0.3) is 0 Å². The van der Waals surface area contributed by atoms with Crippen molar-refractivity contribution in [1.29, 1.82) is 0 Å². The summed E-state index contributed by atoms with van der Waals surface area (Å²) in [5.41, 5.74) is 0.685. The van der Waals surface area contributed by atoms with E-state index < -0.39 is 24.0 Å². The lowest BCUT2D eigenvalue weighted by Crippen LogP contribution is -2.53. The number of nitrogens with one attached hydrogen (secondary N) is 2. The first-order valence-corrected chi connectivity index (χ1v) is 7.64. The van der Waals surface area contributed by atoms with Crippen molar-refractivity contribution in [1.82, 2.24) is 10.6 Å². The lowest BCUT2D eigenvalue weighted by Gasteiger charge is -2.24. The van der Waals surface area contributed by atoms with Gasteiger partial charge in [-0.25, -0.2) is 9.18 Å².